The van der Waals surface area contributed by atoms with Crippen LogP contribution in [0.2, 0.25) is 0 Å². The Hall–Kier alpha value is -0.830. The molecule has 0 atom stereocenters. The normalized spacial score (nSPS) is 9.75. The molecule has 0 saturated heterocycles. The number of nitrogens with two attached hydrogens (primary N) is 1. The quantitative estimate of drug-likeness (QED) is 0.418. The molecule has 0 spiro atoms. The molecule has 0 aromatic carbocycles. The Kier molecular flexibility index (Phi) is 3.88. The predicted molar refractivity (Wildman–Crippen MR) is 29.7 cm³/mol. The highest BCUT2D eigenvalue weighted by atomic mass is 16.7. The largest absolute Gasteiger partial charge is 0.373 e. The van der Waals surface area contributed by atoms with E-state index in [1.807, 2.05) is 6.92 Å². The zero-order valence-electron chi connectivity index (χ0n) is 4.76. The van der Waals surface area contributed by atoms with Crippen LogP contribution in [0.1, 0.15) is 13.3 Å². The molecule has 0 heterocycles. The molecule has 3 nitrogen and oxygen atoms in total. The molecule has 0 rings (SSSR count). The summed E-state index contributed by atoms with van der Waals surface area (Å²) >= 11 is 0. The first-order valence-electron chi connectivity index (χ1n) is 2.32. The van der Waals surface area contributed by atoms with Gasteiger partial charge in [0.2, 0.25) is 0 Å². The van der Waals surface area contributed by atoms with E-state index in [0.29, 0.717) is 0 Å². The number of carbonyl (C=O) groups is 1. The van der Waals surface area contributed by atoms with E-state index in [4.69, 9.17) is 0 Å². The maximum atomic E-state index is 10.2. The zero-order valence-corrected chi connectivity index (χ0v) is 4.76. The fourth-order valence-electron chi connectivity index (χ4n) is 0.262. The summed E-state index contributed by atoms with van der Waals surface area (Å²) in [5.41, 5.74) is 0. The van der Waals surface area contributed by atoms with E-state index in [9.17, 15) is 4.79 Å². The van der Waals surface area contributed by atoms with Gasteiger partial charge in [-0.3, -0.25) is 4.79 Å². The van der Waals surface area contributed by atoms with Crippen LogP contribution >= 0.6 is 0 Å². The van der Waals surface area contributed by atoms with Gasteiger partial charge < -0.3 is 4.84 Å². The smallest absolute Gasteiger partial charge is 0.328 e. The van der Waals surface area contributed by atoms with Crippen molar-refractivity contribution >= 4 is 5.97 Å². The van der Waals surface area contributed by atoms with E-state index in [0.717, 1.165) is 0 Å². The van der Waals surface area contributed by atoms with Crippen LogP contribution in [0.25, 0.3) is 0 Å². The number of carbonyl (C=O) groups excluding carboxylic acids is 1. The third-order valence-corrected chi connectivity index (χ3v) is 0.652. The average molecular weight is 115 g/mol. The summed E-state index contributed by atoms with van der Waals surface area (Å²) < 4.78 is 0. The molecule has 0 saturated carbocycles. The summed E-state index contributed by atoms with van der Waals surface area (Å²) in [7, 11) is 0. The van der Waals surface area contributed by atoms with Gasteiger partial charge >= 0.3 is 5.97 Å². The van der Waals surface area contributed by atoms with Crippen LogP contribution in [-0.2, 0) is 9.63 Å². The molecule has 0 bridgehead atoms. The van der Waals surface area contributed by atoms with Crippen molar-refractivity contribution in [1.82, 2.24) is 0 Å². The molecule has 2 N–H and O–H groups in total. The van der Waals surface area contributed by atoms with Crippen LogP contribution in [0.5, 0.6) is 0 Å². The van der Waals surface area contributed by atoms with Crippen LogP contribution in [0.15, 0.2) is 12.2 Å². The highest BCUT2D eigenvalue weighted by Crippen LogP contribution is 1.82. The summed E-state index contributed by atoms with van der Waals surface area (Å²) in [5.74, 6) is 4.12. The van der Waals surface area contributed by atoms with Crippen molar-refractivity contribution in [3.8, 4) is 0 Å². The van der Waals surface area contributed by atoms with E-state index in [1.165, 1.54) is 0 Å². The van der Waals surface area contributed by atoms with E-state index in [1.54, 1.807) is 12.2 Å². The summed E-state index contributed by atoms with van der Waals surface area (Å²) in [6, 6.07) is 0. The first-order valence-corrected chi connectivity index (χ1v) is 2.32. The lowest BCUT2D eigenvalue weighted by Crippen LogP contribution is -2.07. The Morgan fingerprint density at radius 2 is 2.50 bits per heavy atom. The van der Waals surface area contributed by atoms with Gasteiger partial charge in [0.25, 0.3) is 0 Å². The molecule has 0 aliphatic carbocycles. The lowest BCUT2D eigenvalue weighted by Gasteiger charge is -1.88. The van der Waals surface area contributed by atoms with E-state index >= 15 is 0 Å². The van der Waals surface area contributed by atoms with Gasteiger partial charge in [-0.2, -0.15) is 5.90 Å². The molecule has 0 unspecified atom stereocenters. The van der Waals surface area contributed by atoms with Crippen LogP contribution in [0.4, 0.5) is 0 Å². The topological polar surface area (TPSA) is 52.3 Å². The molecule has 0 aromatic rings. The Morgan fingerprint density at radius 3 is 2.88 bits per heavy atom. The monoisotopic (exact) mass is 115 g/mol. The molecule has 0 amide bonds. The van der Waals surface area contributed by atoms with Gasteiger partial charge in [-0.05, 0) is 6.92 Å². The Labute approximate surface area is 48.1 Å². The van der Waals surface area contributed by atoms with Crippen LogP contribution in [0.3, 0.4) is 0 Å². The Balaban J connectivity index is 3.25. The molecule has 8 heavy (non-hydrogen) atoms. The van der Waals surface area contributed by atoms with Gasteiger partial charge in [0.05, 0.1) is 6.42 Å². The fourth-order valence-corrected chi connectivity index (χ4v) is 0.262. The Bertz CT molecular complexity index is 98.6. The molecule has 0 aliphatic heterocycles. The predicted octanol–water partition coefficient (Wildman–Crippen LogP) is 0.370. The molecule has 0 fully saturated rings. The van der Waals surface area contributed by atoms with Crippen LogP contribution in [-0.4, -0.2) is 5.97 Å². The third-order valence-electron chi connectivity index (χ3n) is 0.652. The van der Waals surface area contributed by atoms with Crippen LogP contribution in [0, 0.1) is 0 Å². The second-order valence-corrected chi connectivity index (χ2v) is 1.26. The number of rotatable bonds is 2. The van der Waals surface area contributed by atoms with E-state index in [2.05, 4.69) is 10.7 Å². The highest BCUT2D eigenvalue weighted by Gasteiger charge is 1.92. The standard InChI is InChI=1S/C5H9NO2/c1-2-3-4-5(7)8-6/h2-3H,4,6H2,1H3. The van der Waals surface area contributed by atoms with Gasteiger partial charge in [0, 0.05) is 0 Å². The van der Waals surface area contributed by atoms with Crippen molar-refractivity contribution in [2.45, 2.75) is 13.3 Å². The molecule has 0 aromatic heterocycles. The number of allylic oxidation sites excluding steroid dienone is 1. The van der Waals surface area contributed by atoms with Crippen molar-refractivity contribution < 1.29 is 9.63 Å². The highest BCUT2D eigenvalue weighted by molar-refractivity contribution is 5.70. The van der Waals surface area contributed by atoms with E-state index < -0.39 is 5.97 Å². The molecule has 3 heteroatoms. The summed E-state index contributed by atoms with van der Waals surface area (Å²) in [4.78, 5) is 14.0. The second-order valence-electron chi connectivity index (χ2n) is 1.26. The van der Waals surface area contributed by atoms with Crippen molar-refractivity contribution in [3.63, 3.8) is 0 Å². The minimum atomic E-state index is -0.414. The van der Waals surface area contributed by atoms with Gasteiger partial charge in [0.1, 0.15) is 0 Å². The van der Waals surface area contributed by atoms with E-state index in [-0.39, 0.29) is 6.42 Å². The lowest BCUT2D eigenvalue weighted by molar-refractivity contribution is -0.143. The van der Waals surface area contributed by atoms with Gasteiger partial charge in [0.15, 0.2) is 0 Å². The summed E-state index contributed by atoms with van der Waals surface area (Å²) in [6.45, 7) is 1.82. The maximum Gasteiger partial charge on any atom is 0.328 e. The van der Waals surface area contributed by atoms with Crippen molar-refractivity contribution in [2.75, 3.05) is 0 Å². The second kappa shape index (κ2) is 4.33. The van der Waals surface area contributed by atoms with Crippen molar-refractivity contribution in [1.29, 1.82) is 0 Å². The van der Waals surface area contributed by atoms with Crippen molar-refractivity contribution in [2.24, 2.45) is 5.90 Å². The lowest BCUT2D eigenvalue weighted by atomic mass is 10.4. The molecule has 46 valence electrons. The SMILES string of the molecule is CC=CCC(=O)ON. The zero-order chi connectivity index (χ0) is 6.41. The summed E-state index contributed by atoms with van der Waals surface area (Å²) in [5, 5.41) is 0. The average Bonchev–Trinajstić information content (AvgIpc) is 1.83. The third kappa shape index (κ3) is 3.36. The first-order chi connectivity index (χ1) is 3.81. The van der Waals surface area contributed by atoms with Gasteiger partial charge in [-0.25, -0.2) is 0 Å². The van der Waals surface area contributed by atoms with Crippen LogP contribution < -0.4 is 5.90 Å². The molecular formula is C5H9NO2. The first kappa shape index (κ1) is 7.17. The molecule has 0 aliphatic rings. The molecular weight excluding hydrogens is 106 g/mol. The summed E-state index contributed by atoms with van der Waals surface area (Å²) in [6.07, 6.45) is 3.69. The maximum absolute atomic E-state index is 10.2. The minimum Gasteiger partial charge on any atom is -0.373 e. The van der Waals surface area contributed by atoms with Gasteiger partial charge in [-0.15, -0.1) is 0 Å². The minimum absolute atomic E-state index is 0.257. The van der Waals surface area contributed by atoms with Gasteiger partial charge in [-0.1, -0.05) is 12.2 Å². The Morgan fingerprint density at radius 1 is 1.88 bits per heavy atom. The van der Waals surface area contributed by atoms with Crippen molar-refractivity contribution in [3.05, 3.63) is 12.2 Å². The molecule has 0 radical (unpaired) electrons. The fraction of sp³-hybridized carbons (Fsp3) is 0.400. The number of hydrogen-bond acceptors (Lipinski definition) is 3. The number of hydrogen-bond donors (Lipinski definition) is 1.